The lowest BCUT2D eigenvalue weighted by atomic mass is 10.1. The van der Waals surface area contributed by atoms with E-state index in [4.69, 9.17) is 0 Å². The van der Waals surface area contributed by atoms with Crippen LogP contribution in [0.4, 0.5) is 0 Å². The lowest BCUT2D eigenvalue weighted by Crippen LogP contribution is -2.36. The van der Waals surface area contributed by atoms with Gasteiger partial charge in [-0.3, -0.25) is 0 Å². The van der Waals surface area contributed by atoms with Gasteiger partial charge in [-0.2, -0.15) is 0 Å². The van der Waals surface area contributed by atoms with Gasteiger partial charge in [0.1, 0.15) is 6.54 Å². The van der Waals surface area contributed by atoms with E-state index in [0.29, 0.717) is 0 Å². The molecule has 0 radical (unpaired) electrons. The molecular weight excluding hydrogens is 182 g/mol. The smallest absolute Gasteiger partial charge is 0.178 e. The molecule has 84 valence electrons. The van der Waals surface area contributed by atoms with Crippen LogP contribution in [0.5, 0.6) is 0 Å². The zero-order chi connectivity index (χ0) is 11.1. The fourth-order valence-electron chi connectivity index (χ4n) is 1.87. The molecule has 0 saturated carbocycles. The highest BCUT2D eigenvalue weighted by Gasteiger charge is 2.04. The molecule has 1 rings (SSSR count). The minimum Gasteiger partial charge on any atom is -0.202 e. The summed E-state index contributed by atoms with van der Waals surface area (Å²) in [4.78, 5) is 0. The van der Waals surface area contributed by atoms with Crippen LogP contribution in [0.15, 0.2) is 18.3 Å². The molecule has 0 aromatic carbocycles. The van der Waals surface area contributed by atoms with E-state index in [2.05, 4.69) is 43.7 Å². The van der Waals surface area contributed by atoms with Gasteiger partial charge in [-0.25, -0.2) is 4.57 Å². The Hall–Kier alpha value is -0.850. The largest absolute Gasteiger partial charge is 0.202 e. The van der Waals surface area contributed by atoms with Crippen LogP contribution in [0.1, 0.15) is 50.3 Å². The van der Waals surface area contributed by atoms with E-state index in [1.807, 2.05) is 0 Å². The van der Waals surface area contributed by atoms with Crippen molar-refractivity contribution in [3.05, 3.63) is 29.6 Å². The quantitative estimate of drug-likeness (QED) is 0.495. The van der Waals surface area contributed by atoms with Gasteiger partial charge < -0.3 is 0 Å². The molecule has 15 heavy (non-hydrogen) atoms. The number of hydrogen-bond donors (Lipinski definition) is 0. The summed E-state index contributed by atoms with van der Waals surface area (Å²) in [5, 5.41) is 0. The first-order chi connectivity index (χ1) is 7.24. The molecular formula is C14H24N+. The van der Waals surface area contributed by atoms with E-state index in [0.717, 1.165) is 0 Å². The lowest BCUT2D eigenvalue weighted by Gasteiger charge is -2.01. The van der Waals surface area contributed by atoms with Crippen molar-refractivity contribution in [3.63, 3.8) is 0 Å². The summed E-state index contributed by atoms with van der Waals surface area (Å²) in [6, 6.07) is 4.39. The van der Waals surface area contributed by atoms with Crippen LogP contribution in [0.3, 0.4) is 0 Å². The van der Waals surface area contributed by atoms with Gasteiger partial charge in [0.05, 0.1) is 0 Å². The third-order valence-electron chi connectivity index (χ3n) is 2.90. The van der Waals surface area contributed by atoms with Gasteiger partial charge in [0.25, 0.3) is 0 Å². The van der Waals surface area contributed by atoms with Crippen LogP contribution in [-0.2, 0) is 6.54 Å². The van der Waals surface area contributed by atoms with E-state index in [1.54, 1.807) is 0 Å². The Bertz CT molecular complexity index is 291. The first-order valence-electron chi connectivity index (χ1n) is 6.20. The lowest BCUT2D eigenvalue weighted by molar-refractivity contribution is -0.703. The Morgan fingerprint density at radius 2 is 1.73 bits per heavy atom. The maximum absolute atomic E-state index is 2.38. The number of aromatic nitrogens is 1. The predicted molar refractivity (Wildman–Crippen MR) is 64.9 cm³/mol. The van der Waals surface area contributed by atoms with E-state index in [1.165, 1.54) is 49.9 Å². The van der Waals surface area contributed by atoms with Crippen LogP contribution < -0.4 is 4.57 Å². The molecule has 0 atom stereocenters. The van der Waals surface area contributed by atoms with Crippen molar-refractivity contribution in [1.29, 1.82) is 0 Å². The van der Waals surface area contributed by atoms with E-state index in [-0.39, 0.29) is 0 Å². The number of hydrogen-bond acceptors (Lipinski definition) is 0. The Kier molecular flexibility index (Phi) is 5.38. The highest BCUT2D eigenvalue weighted by atomic mass is 14.9. The Balaban J connectivity index is 2.33. The third kappa shape index (κ3) is 4.46. The van der Waals surface area contributed by atoms with Crippen molar-refractivity contribution in [2.75, 3.05) is 0 Å². The Labute approximate surface area is 94.1 Å². The van der Waals surface area contributed by atoms with Crippen LogP contribution in [-0.4, -0.2) is 0 Å². The number of unbranched alkanes of at least 4 members (excludes halogenated alkanes) is 4. The molecule has 0 saturated heterocycles. The molecule has 0 aliphatic rings. The fourth-order valence-corrected chi connectivity index (χ4v) is 1.87. The Morgan fingerprint density at radius 3 is 2.47 bits per heavy atom. The van der Waals surface area contributed by atoms with Gasteiger partial charge in [-0.05, 0) is 19.4 Å². The number of aryl methyl sites for hydroxylation is 3. The predicted octanol–water partition coefficient (Wildman–Crippen LogP) is 3.56. The fraction of sp³-hybridized carbons (Fsp3) is 0.643. The molecule has 1 heterocycles. The summed E-state index contributed by atoms with van der Waals surface area (Å²) in [5.41, 5.74) is 2.73. The first kappa shape index (κ1) is 12.2. The van der Waals surface area contributed by atoms with Gasteiger partial charge in [-0.1, -0.05) is 26.2 Å². The molecule has 1 aromatic heterocycles. The summed E-state index contributed by atoms with van der Waals surface area (Å²) in [6.07, 6.45) is 9.05. The number of nitrogens with zero attached hydrogens (tertiary/aromatic N) is 1. The minimum atomic E-state index is 1.18. The van der Waals surface area contributed by atoms with E-state index < -0.39 is 0 Å². The van der Waals surface area contributed by atoms with Crippen LogP contribution >= 0.6 is 0 Å². The highest BCUT2D eigenvalue weighted by molar-refractivity contribution is 5.05. The van der Waals surface area contributed by atoms with Crippen LogP contribution in [0.2, 0.25) is 0 Å². The average Bonchev–Trinajstić information content (AvgIpc) is 2.23. The minimum absolute atomic E-state index is 1.18. The molecule has 0 spiro atoms. The molecule has 0 bridgehead atoms. The molecule has 1 nitrogen and oxygen atoms in total. The second-order valence-electron chi connectivity index (χ2n) is 4.46. The van der Waals surface area contributed by atoms with Crippen molar-refractivity contribution >= 4 is 0 Å². The molecule has 0 fully saturated rings. The molecule has 1 aromatic rings. The van der Waals surface area contributed by atoms with E-state index in [9.17, 15) is 0 Å². The zero-order valence-corrected chi connectivity index (χ0v) is 10.4. The summed E-state index contributed by atoms with van der Waals surface area (Å²) < 4.78 is 2.38. The SMILES string of the molecule is CCCCCCC[n+]1cc(C)ccc1C. The van der Waals surface area contributed by atoms with Gasteiger partial charge >= 0.3 is 0 Å². The highest BCUT2D eigenvalue weighted by Crippen LogP contribution is 2.03. The summed E-state index contributed by atoms with van der Waals surface area (Å²) in [5.74, 6) is 0. The van der Waals surface area contributed by atoms with Crippen molar-refractivity contribution in [2.45, 2.75) is 59.4 Å². The molecule has 1 heteroatoms. The summed E-state index contributed by atoms with van der Waals surface area (Å²) >= 11 is 0. The average molecular weight is 206 g/mol. The van der Waals surface area contributed by atoms with Gasteiger partial charge in [0.15, 0.2) is 11.9 Å². The monoisotopic (exact) mass is 206 g/mol. The normalized spacial score (nSPS) is 10.6. The molecule has 0 unspecified atom stereocenters. The second-order valence-corrected chi connectivity index (χ2v) is 4.46. The van der Waals surface area contributed by atoms with Gasteiger partial charge in [0, 0.05) is 25.0 Å². The van der Waals surface area contributed by atoms with E-state index >= 15 is 0 Å². The summed E-state index contributed by atoms with van der Waals surface area (Å²) in [6.45, 7) is 7.79. The van der Waals surface area contributed by atoms with Gasteiger partial charge in [-0.15, -0.1) is 0 Å². The maximum atomic E-state index is 2.38. The van der Waals surface area contributed by atoms with Crippen molar-refractivity contribution in [2.24, 2.45) is 0 Å². The van der Waals surface area contributed by atoms with Crippen LogP contribution in [0, 0.1) is 13.8 Å². The van der Waals surface area contributed by atoms with Crippen molar-refractivity contribution < 1.29 is 4.57 Å². The molecule has 0 aliphatic carbocycles. The number of pyridine rings is 1. The molecule has 0 aliphatic heterocycles. The van der Waals surface area contributed by atoms with Crippen molar-refractivity contribution in [3.8, 4) is 0 Å². The molecule has 0 amide bonds. The van der Waals surface area contributed by atoms with Crippen LogP contribution in [0.25, 0.3) is 0 Å². The number of rotatable bonds is 6. The second kappa shape index (κ2) is 6.60. The first-order valence-corrected chi connectivity index (χ1v) is 6.20. The Morgan fingerprint density at radius 1 is 1.00 bits per heavy atom. The van der Waals surface area contributed by atoms with Gasteiger partial charge in [0.2, 0.25) is 0 Å². The standard InChI is InChI=1S/C14H24N/c1-4-5-6-7-8-11-15-12-13(2)9-10-14(15)3/h9-10,12H,4-8,11H2,1-3H3/q+1. The zero-order valence-electron chi connectivity index (χ0n) is 10.4. The maximum Gasteiger partial charge on any atom is 0.178 e. The van der Waals surface area contributed by atoms with Crippen molar-refractivity contribution in [1.82, 2.24) is 0 Å². The topological polar surface area (TPSA) is 3.88 Å². The molecule has 0 N–H and O–H groups in total. The summed E-state index contributed by atoms with van der Waals surface area (Å²) in [7, 11) is 0. The third-order valence-corrected chi connectivity index (χ3v) is 2.90.